The van der Waals surface area contributed by atoms with Crippen LogP contribution in [-0.4, -0.2) is 77.5 Å². The first-order chi connectivity index (χ1) is 48.1. The van der Waals surface area contributed by atoms with Gasteiger partial charge in [0.2, 0.25) is 0 Å². The van der Waals surface area contributed by atoms with Crippen LogP contribution in [-0.2, 0) is 75.0 Å². The molecule has 0 fully saturated rings. The summed E-state index contributed by atoms with van der Waals surface area (Å²) in [6, 6.07) is 25.4. The molecule has 1 aliphatic carbocycles. The summed E-state index contributed by atoms with van der Waals surface area (Å²) in [7, 11) is 2.58. The number of methoxy groups -OCH3 is 2. The number of carboxylic acid groups (broad SMARTS) is 1. The number of hydrogen-bond acceptors (Lipinski definition) is 18. The van der Waals surface area contributed by atoms with E-state index in [2.05, 4.69) is 55.3 Å². The number of rotatable bonds is 24. The molecule has 10 rings (SSSR count). The summed E-state index contributed by atoms with van der Waals surface area (Å²) in [5.41, 5.74) is 6.24. The molecule has 0 unspecified atom stereocenters. The fourth-order valence-corrected chi connectivity index (χ4v) is 11.3. The molecule has 16 nitrogen and oxygen atoms in total. The number of aryl methyl sites for hydroxylation is 5. The SMILES string of the molecule is C.C1=CCC=CC1.C=Cc1cc(OCC(=O)OC)c(C)cc1OCc1nc(-c2ccc(C(F)(F)F)cc2)cs1.CCc1cc(OCC(=O)O)c(C)cc1OCc1nc(-c2ccc(C(F)(F)F)cc2)cs1.CCc1cc(OCC(=O)OC)c(C)cc1OCc1nc(-c2ccc(C(F)(F)F)cc2)cs1.[Li+].[OH-]. The van der Waals surface area contributed by atoms with E-state index in [-0.39, 0.29) is 64.8 Å². The van der Waals surface area contributed by atoms with Gasteiger partial charge in [0.1, 0.15) is 69.3 Å². The molecular formula is C75H75F9LiN3O13S3. The van der Waals surface area contributed by atoms with E-state index in [1.807, 2.05) is 39.8 Å². The zero-order valence-electron chi connectivity index (χ0n) is 57.1. The number of alkyl halides is 9. The molecule has 29 heteroatoms. The topological polar surface area (TPSA) is 214 Å². The Morgan fingerprint density at radius 1 is 0.471 bits per heavy atom. The van der Waals surface area contributed by atoms with Gasteiger partial charge in [-0.1, -0.05) is 94.6 Å². The molecule has 9 aromatic rings. The molecule has 6 aromatic carbocycles. The summed E-state index contributed by atoms with van der Waals surface area (Å²) in [5, 5.41) is 16.2. The summed E-state index contributed by atoms with van der Waals surface area (Å²) in [4.78, 5) is 46.7. The van der Waals surface area contributed by atoms with Crippen LogP contribution < -0.4 is 47.3 Å². The smallest absolute Gasteiger partial charge is 0.870 e. The zero-order chi connectivity index (χ0) is 73.4. The van der Waals surface area contributed by atoms with Gasteiger partial charge in [0.15, 0.2) is 19.8 Å². The Morgan fingerprint density at radius 3 is 1.05 bits per heavy atom. The average Bonchev–Trinajstić information content (AvgIpc) is 1.62. The van der Waals surface area contributed by atoms with E-state index in [1.54, 1.807) is 53.4 Å². The third-order valence-corrected chi connectivity index (χ3v) is 17.1. The molecule has 0 saturated carbocycles. The van der Waals surface area contributed by atoms with Crippen molar-refractivity contribution in [1.82, 2.24) is 15.0 Å². The van der Waals surface area contributed by atoms with Gasteiger partial charge >= 0.3 is 55.3 Å². The first kappa shape index (κ1) is 87.0. The van der Waals surface area contributed by atoms with Crippen molar-refractivity contribution in [3.8, 4) is 68.3 Å². The van der Waals surface area contributed by atoms with Gasteiger partial charge in [0.25, 0.3) is 0 Å². The Hall–Kier alpha value is -9.43. The second kappa shape index (κ2) is 41.2. The number of hydrogen-bond donors (Lipinski definition) is 1. The monoisotopic (exact) mass is 1500 g/mol. The molecule has 0 amide bonds. The summed E-state index contributed by atoms with van der Waals surface area (Å²) in [6.07, 6.45) is 0.847. The number of halogens is 9. The first-order valence-corrected chi connectivity index (χ1v) is 33.6. The van der Waals surface area contributed by atoms with Crippen LogP contribution in [0.5, 0.6) is 34.5 Å². The van der Waals surface area contributed by atoms with Crippen LogP contribution in [0.25, 0.3) is 39.8 Å². The number of ether oxygens (including phenoxy) is 8. The predicted octanol–water partition coefficient (Wildman–Crippen LogP) is 16.8. The summed E-state index contributed by atoms with van der Waals surface area (Å²) in [6.45, 7) is 13.0. The molecule has 0 bridgehead atoms. The predicted molar refractivity (Wildman–Crippen MR) is 377 cm³/mol. The third-order valence-electron chi connectivity index (χ3n) is 14.6. The second-order valence-corrected chi connectivity index (χ2v) is 24.6. The number of carbonyl (C=O) groups excluding carboxylic acids is 2. The van der Waals surface area contributed by atoms with Crippen LogP contribution in [0.15, 0.2) is 156 Å². The fraction of sp³-hybridized carbons (Fsp3) is 0.280. The Bertz CT molecular complexity index is 4290. The number of carboxylic acids is 1. The molecule has 0 atom stereocenters. The first-order valence-electron chi connectivity index (χ1n) is 30.9. The van der Waals surface area contributed by atoms with Crippen LogP contribution in [0.2, 0.25) is 0 Å². The van der Waals surface area contributed by atoms with Crippen LogP contribution in [0.3, 0.4) is 0 Å². The molecule has 0 aliphatic heterocycles. The van der Waals surface area contributed by atoms with Crippen molar-refractivity contribution in [3.63, 3.8) is 0 Å². The molecule has 0 spiro atoms. The Balaban J connectivity index is 0.000000312. The van der Waals surface area contributed by atoms with Gasteiger partial charge < -0.3 is 48.5 Å². The van der Waals surface area contributed by atoms with Gasteiger partial charge in [0.05, 0.1) is 48.0 Å². The minimum atomic E-state index is -4.37. The van der Waals surface area contributed by atoms with E-state index in [0.29, 0.717) is 102 Å². The van der Waals surface area contributed by atoms with Crippen molar-refractivity contribution in [3.05, 3.63) is 221 Å². The van der Waals surface area contributed by atoms with E-state index < -0.39 is 59.7 Å². The summed E-state index contributed by atoms with van der Waals surface area (Å²) >= 11 is 4.08. The number of aromatic nitrogens is 3. The van der Waals surface area contributed by atoms with Gasteiger partial charge in [0, 0.05) is 38.4 Å². The molecule has 0 radical (unpaired) electrons. The van der Waals surface area contributed by atoms with Crippen molar-refractivity contribution < 1.29 is 121 Å². The van der Waals surface area contributed by atoms with Crippen LogP contribution in [0.1, 0.15) is 99.2 Å². The number of thiazole rings is 3. The van der Waals surface area contributed by atoms with Crippen molar-refractivity contribution >= 4 is 58.0 Å². The van der Waals surface area contributed by atoms with Crippen molar-refractivity contribution in [2.24, 2.45) is 0 Å². The number of benzene rings is 6. The van der Waals surface area contributed by atoms with Crippen molar-refractivity contribution in [1.29, 1.82) is 0 Å². The van der Waals surface area contributed by atoms with E-state index in [1.165, 1.54) is 84.6 Å². The van der Waals surface area contributed by atoms with Crippen molar-refractivity contribution in [2.45, 2.75) is 106 Å². The van der Waals surface area contributed by atoms with Crippen LogP contribution in [0, 0.1) is 20.8 Å². The van der Waals surface area contributed by atoms with Gasteiger partial charge in [-0.2, -0.15) is 39.5 Å². The molecule has 104 heavy (non-hydrogen) atoms. The second-order valence-electron chi connectivity index (χ2n) is 21.8. The van der Waals surface area contributed by atoms with Crippen LogP contribution >= 0.6 is 34.0 Å². The maximum Gasteiger partial charge on any atom is 1.00 e. The summed E-state index contributed by atoms with van der Waals surface area (Å²) in [5.74, 6) is 1.48. The molecule has 3 heterocycles. The molecule has 550 valence electrons. The Morgan fingerprint density at radius 2 is 0.769 bits per heavy atom. The van der Waals surface area contributed by atoms with Gasteiger partial charge in [-0.15, -0.1) is 34.0 Å². The molecule has 0 saturated heterocycles. The minimum Gasteiger partial charge on any atom is -0.870 e. The largest absolute Gasteiger partial charge is 1.00 e. The van der Waals surface area contributed by atoms with E-state index >= 15 is 0 Å². The number of esters is 2. The van der Waals surface area contributed by atoms with Gasteiger partial charge in [-0.25, -0.2) is 29.3 Å². The van der Waals surface area contributed by atoms with Gasteiger partial charge in [-0.3, -0.25) is 0 Å². The quantitative estimate of drug-likeness (QED) is 0.0258. The maximum atomic E-state index is 12.7. The van der Waals surface area contributed by atoms with Crippen molar-refractivity contribution in [2.75, 3.05) is 34.0 Å². The molecular weight excluding hydrogens is 1420 g/mol. The maximum absolute atomic E-state index is 12.7. The number of nitrogens with zero attached hydrogens (tertiary/aromatic N) is 3. The molecule has 1 aliphatic rings. The normalized spacial score (nSPS) is 11.4. The standard InChI is InChI=1S/C23H22F3NO4S.C23H20F3NO4S.C22H20F3NO4S.C6H8.CH4.Li.H2O/c2*1-4-15-10-19(31-12-22(28)29-3)14(2)9-20(15)30-11-21-27-18(13-32-21)16-5-7-17(8-6-16)23(24,25)26;1-3-14-9-18(30-11-21(27)28)13(2)8-19(14)29-10-20-26-17(12-31-20)15-4-6-16(7-5-15)22(23,24)25;1-2-4-6-5-3-1;;;/h5-10,13H,4,11-12H2,1-3H3;4-10,13H,1,11-12H2,2-3H3;4-9,12H,3,10-11H2,1-2H3,(H,27,28);1-2,5-6H,3-4H2;1H4;;1H2/q;;;;;+1;/p-1. The fourth-order valence-electron chi connectivity index (χ4n) is 9.17. The average molecular weight is 1500 g/mol. The number of carbonyl (C=O) groups is 3. The van der Waals surface area contributed by atoms with Crippen LogP contribution in [0.4, 0.5) is 39.5 Å². The van der Waals surface area contributed by atoms with E-state index in [9.17, 15) is 53.9 Å². The molecule has 3 aromatic heterocycles. The third kappa shape index (κ3) is 26.4. The Kier molecular flexibility index (Phi) is 34.4. The molecule has 2 N–H and O–H groups in total. The number of aliphatic carboxylic acids is 1. The summed E-state index contributed by atoms with van der Waals surface area (Å²) < 4.78 is 158. The van der Waals surface area contributed by atoms with E-state index in [4.69, 9.17) is 33.5 Å². The van der Waals surface area contributed by atoms with Gasteiger partial charge in [-0.05, 0) is 147 Å². The van der Waals surface area contributed by atoms with E-state index in [0.717, 1.165) is 77.1 Å². The number of allylic oxidation sites excluding steroid dienone is 4. The zero-order valence-corrected chi connectivity index (χ0v) is 59.6. The Labute approximate surface area is 620 Å². The minimum absolute atomic E-state index is 0.